The van der Waals surface area contributed by atoms with Crippen molar-refractivity contribution in [2.24, 2.45) is 0 Å². The third-order valence-electron chi connectivity index (χ3n) is 5.39. The summed E-state index contributed by atoms with van der Waals surface area (Å²) >= 11 is 0. The molecule has 0 bridgehead atoms. The van der Waals surface area contributed by atoms with Gasteiger partial charge in [0.2, 0.25) is 0 Å². The number of carbonyl (C=O) groups is 1. The summed E-state index contributed by atoms with van der Waals surface area (Å²) in [4.78, 5) is 30.4. The number of piperazine rings is 1. The fourth-order valence-corrected chi connectivity index (χ4v) is 3.54. The number of amides is 1. The van der Waals surface area contributed by atoms with Crippen LogP contribution in [0.3, 0.4) is 0 Å². The molecule has 7 heteroatoms. The summed E-state index contributed by atoms with van der Waals surface area (Å²) in [6, 6.07) is 13.5. The van der Waals surface area contributed by atoms with Crippen molar-refractivity contribution in [1.82, 2.24) is 19.9 Å². The summed E-state index contributed by atoms with van der Waals surface area (Å²) in [7, 11) is 0. The summed E-state index contributed by atoms with van der Waals surface area (Å²) in [5.41, 5.74) is 3.10. The van der Waals surface area contributed by atoms with E-state index < -0.39 is 0 Å². The van der Waals surface area contributed by atoms with Gasteiger partial charge in [0.25, 0.3) is 5.91 Å². The molecule has 1 amide bonds. The molecule has 3 aromatic rings. The minimum absolute atomic E-state index is 0.0918. The number of aromatic nitrogens is 3. The first-order chi connectivity index (χ1) is 14.5. The predicted octanol–water partition coefficient (Wildman–Crippen LogP) is 3.50. The van der Waals surface area contributed by atoms with Crippen LogP contribution in [0.1, 0.15) is 27.3 Å². The predicted molar refractivity (Wildman–Crippen MR) is 118 cm³/mol. The number of hydrogen-bond acceptors (Lipinski definition) is 6. The second-order valence-corrected chi connectivity index (χ2v) is 7.58. The van der Waals surface area contributed by atoms with Gasteiger partial charge < -0.3 is 15.1 Å². The fourth-order valence-electron chi connectivity index (χ4n) is 3.54. The molecule has 3 heterocycles. The lowest BCUT2D eigenvalue weighted by atomic mass is 10.1. The lowest BCUT2D eigenvalue weighted by Crippen LogP contribution is -2.49. The van der Waals surface area contributed by atoms with Crippen LogP contribution in [0.4, 0.5) is 17.5 Å². The van der Waals surface area contributed by atoms with Crippen LogP contribution in [0.2, 0.25) is 0 Å². The Morgan fingerprint density at radius 3 is 2.40 bits per heavy atom. The van der Waals surface area contributed by atoms with Crippen LogP contribution >= 0.6 is 0 Å². The Kier molecular flexibility index (Phi) is 5.61. The molecule has 1 fully saturated rings. The molecular weight excluding hydrogens is 376 g/mol. The molecule has 1 aliphatic rings. The van der Waals surface area contributed by atoms with Gasteiger partial charge >= 0.3 is 0 Å². The normalized spacial score (nSPS) is 14.0. The third kappa shape index (κ3) is 4.40. The number of anilines is 3. The number of nitrogens with zero attached hydrogens (tertiary/aromatic N) is 5. The van der Waals surface area contributed by atoms with E-state index in [-0.39, 0.29) is 5.91 Å². The summed E-state index contributed by atoms with van der Waals surface area (Å²) in [6.07, 6.45) is 1.74. The van der Waals surface area contributed by atoms with Gasteiger partial charge in [0.1, 0.15) is 23.3 Å². The van der Waals surface area contributed by atoms with Gasteiger partial charge in [-0.25, -0.2) is 15.0 Å². The van der Waals surface area contributed by atoms with Gasteiger partial charge in [-0.1, -0.05) is 12.1 Å². The smallest absolute Gasteiger partial charge is 0.253 e. The molecule has 154 valence electrons. The first-order valence-electron chi connectivity index (χ1n) is 10.1. The van der Waals surface area contributed by atoms with Crippen molar-refractivity contribution in [1.29, 1.82) is 0 Å². The van der Waals surface area contributed by atoms with Crippen molar-refractivity contribution in [2.45, 2.75) is 20.8 Å². The van der Waals surface area contributed by atoms with Crippen LogP contribution in [-0.4, -0.2) is 51.9 Å². The molecule has 1 N–H and O–H groups in total. The first kappa shape index (κ1) is 19.8. The van der Waals surface area contributed by atoms with Gasteiger partial charge in [-0.15, -0.1) is 0 Å². The van der Waals surface area contributed by atoms with Crippen molar-refractivity contribution in [3.63, 3.8) is 0 Å². The van der Waals surface area contributed by atoms with Gasteiger partial charge in [0.15, 0.2) is 0 Å². The second kappa shape index (κ2) is 8.49. The molecule has 0 unspecified atom stereocenters. The zero-order valence-electron chi connectivity index (χ0n) is 17.6. The Labute approximate surface area is 176 Å². The van der Waals surface area contributed by atoms with Gasteiger partial charge in [-0.05, 0) is 56.2 Å². The number of pyridine rings is 1. The van der Waals surface area contributed by atoms with Crippen LogP contribution in [0.25, 0.3) is 0 Å². The van der Waals surface area contributed by atoms with Gasteiger partial charge in [0, 0.05) is 44.0 Å². The molecule has 4 rings (SSSR count). The Bertz CT molecular complexity index is 1040. The zero-order valence-corrected chi connectivity index (χ0v) is 17.6. The monoisotopic (exact) mass is 402 g/mol. The molecule has 0 radical (unpaired) electrons. The summed E-state index contributed by atoms with van der Waals surface area (Å²) in [5, 5.41) is 3.23. The Balaban J connectivity index is 1.43. The number of nitrogens with one attached hydrogen (secondary N) is 1. The Hall–Kier alpha value is -3.48. The molecule has 1 aromatic carbocycles. The van der Waals surface area contributed by atoms with Crippen LogP contribution in [0.5, 0.6) is 0 Å². The molecule has 7 nitrogen and oxygen atoms in total. The number of aryl methyl sites for hydroxylation is 3. The lowest BCUT2D eigenvalue weighted by molar-refractivity contribution is 0.0746. The highest BCUT2D eigenvalue weighted by Gasteiger charge is 2.23. The van der Waals surface area contributed by atoms with E-state index in [0.717, 1.165) is 35.9 Å². The summed E-state index contributed by atoms with van der Waals surface area (Å²) < 4.78 is 0. The van der Waals surface area contributed by atoms with E-state index in [2.05, 4.69) is 32.1 Å². The van der Waals surface area contributed by atoms with E-state index in [1.165, 1.54) is 5.56 Å². The van der Waals surface area contributed by atoms with Gasteiger partial charge in [0.05, 0.1) is 0 Å². The summed E-state index contributed by atoms with van der Waals surface area (Å²) in [5.74, 6) is 3.10. The average molecular weight is 403 g/mol. The van der Waals surface area contributed by atoms with E-state index in [1.54, 1.807) is 6.20 Å². The van der Waals surface area contributed by atoms with E-state index in [9.17, 15) is 4.79 Å². The maximum Gasteiger partial charge on any atom is 0.253 e. The summed E-state index contributed by atoms with van der Waals surface area (Å²) in [6.45, 7) is 8.77. The molecule has 1 saturated heterocycles. The quantitative estimate of drug-likeness (QED) is 0.720. The number of hydrogen-bond donors (Lipinski definition) is 1. The zero-order chi connectivity index (χ0) is 21.1. The molecule has 0 atom stereocenters. The van der Waals surface area contributed by atoms with Crippen LogP contribution < -0.4 is 10.2 Å². The number of rotatable bonds is 4. The lowest BCUT2D eigenvalue weighted by Gasteiger charge is -2.35. The van der Waals surface area contributed by atoms with Crippen LogP contribution in [-0.2, 0) is 0 Å². The number of benzene rings is 1. The second-order valence-electron chi connectivity index (χ2n) is 7.58. The molecular formula is C23H26N6O. The maximum atomic E-state index is 12.9. The minimum Gasteiger partial charge on any atom is -0.353 e. The minimum atomic E-state index is 0.0918. The largest absolute Gasteiger partial charge is 0.353 e. The molecule has 2 aromatic heterocycles. The number of carbonyl (C=O) groups excluding carboxylic acids is 1. The van der Waals surface area contributed by atoms with Crippen molar-refractivity contribution < 1.29 is 4.79 Å². The first-order valence-corrected chi connectivity index (χ1v) is 10.1. The van der Waals surface area contributed by atoms with Crippen LogP contribution in [0, 0.1) is 20.8 Å². The molecule has 1 aliphatic heterocycles. The van der Waals surface area contributed by atoms with Crippen molar-refractivity contribution in [3.8, 4) is 0 Å². The maximum absolute atomic E-state index is 12.9. The van der Waals surface area contributed by atoms with Gasteiger partial charge in [-0.3, -0.25) is 4.79 Å². The van der Waals surface area contributed by atoms with Crippen LogP contribution in [0.15, 0.2) is 48.7 Å². The standard InChI is InChI=1S/C23H26N6O/c1-16-7-8-19(14-17(16)2)23(30)29-12-10-28(11-13-29)22-15-21(25-18(3)26-22)27-20-6-4-5-9-24-20/h4-9,14-15H,10-13H2,1-3H3,(H,24,25,26,27). The SMILES string of the molecule is Cc1nc(Nc2ccccn2)cc(N2CCN(C(=O)c3ccc(C)c(C)c3)CC2)n1. The Morgan fingerprint density at radius 2 is 1.70 bits per heavy atom. The molecule has 30 heavy (non-hydrogen) atoms. The highest BCUT2D eigenvalue weighted by Crippen LogP contribution is 2.21. The van der Waals surface area contributed by atoms with E-state index in [1.807, 2.05) is 61.2 Å². The Morgan fingerprint density at radius 1 is 0.900 bits per heavy atom. The average Bonchev–Trinajstić information content (AvgIpc) is 2.75. The van der Waals surface area contributed by atoms with Gasteiger partial charge in [-0.2, -0.15) is 0 Å². The molecule has 0 aliphatic carbocycles. The molecule has 0 saturated carbocycles. The van der Waals surface area contributed by atoms with E-state index in [0.29, 0.717) is 24.7 Å². The van der Waals surface area contributed by atoms with Crippen molar-refractivity contribution in [3.05, 3.63) is 71.2 Å². The fraction of sp³-hybridized carbons (Fsp3) is 0.304. The van der Waals surface area contributed by atoms with Crippen molar-refractivity contribution in [2.75, 3.05) is 36.4 Å². The van der Waals surface area contributed by atoms with E-state index >= 15 is 0 Å². The van der Waals surface area contributed by atoms with Crippen molar-refractivity contribution >= 4 is 23.4 Å². The topological polar surface area (TPSA) is 74.2 Å². The highest BCUT2D eigenvalue weighted by atomic mass is 16.2. The highest BCUT2D eigenvalue weighted by molar-refractivity contribution is 5.94. The van der Waals surface area contributed by atoms with E-state index in [4.69, 9.17) is 0 Å². The third-order valence-corrected chi connectivity index (χ3v) is 5.39. The molecule has 0 spiro atoms.